The van der Waals surface area contributed by atoms with Gasteiger partial charge in [0.1, 0.15) is 6.61 Å². The maximum atomic E-state index is 11.7. The van der Waals surface area contributed by atoms with Gasteiger partial charge in [-0.15, -0.1) is 11.6 Å². The summed E-state index contributed by atoms with van der Waals surface area (Å²) in [4.78, 5) is 11.7. The number of esters is 1. The summed E-state index contributed by atoms with van der Waals surface area (Å²) < 4.78 is 43.3. The Morgan fingerprint density at radius 1 is 0.486 bits per heavy atom. The molecule has 0 N–H and O–H groups in total. The number of carbonyl (C=O) groups is 1. The molecule has 0 heterocycles. The minimum absolute atomic E-state index is 0.210. The number of halogens is 1. The van der Waals surface area contributed by atoms with Crippen molar-refractivity contribution in [1.82, 2.24) is 0 Å². The van der Waals surface area contributed by atoms with Crippen molar-refractivity contribution in [2.75, 3.05) is 105 Å². The summed E-state index contributed by atoms with van der Waals surface area (Å²) in [5, 5.41) is 0. The monoisotopic (exact) mass is 548 g/mol. The number of hydrogen-bond acceptors (Lipinski definition) is 9. The number of ether oxygens (including phenoxy) is 8. The Morgan fingerprint density at radius 3 is 1.30 bits per heavy atom. The fourth-order valence-electron chi connectivity index (χ4n) is 2.92. The van der Waals surface area contributed by atoms with Gasteiger partial charge in [0.2, 0.25) is 0 Å². The van der Waals surface area contributed by atoms with E-state index in [9.17, 15) is 4.79 Å². The largest absolute Gasteiger partial charge is 0.460 e. The number of unbranched alkanes of at least 4 members (excludes halogenated alkanes) is 3. The van der Waals surface area contributed by atoms with E-state index in [2.05, 4.69) is 0 Å². The molecule has 37 heavy (non-hydrogen) atoms. The third kappa shape index (κ3) is 23.5. The molecule has 0 radical (unpaired) electrons. The first-order chi connectivity index (χ1) is 18.3. The first-order valence-electron chi connectivity index (χ1n) is 13.2. The third-order valence-electron chi connectivity index (χ3n) is 4.87. The van der Waals surface area contributed by atoms with E-state index in [1.807, 2.05) is 6.07 Å². The highest BCUT2D eigenvalue weighted by Gasteiger charge is 2.05. The van der Waals surface area contributed by atoms with E-state index in [4.69, 9.17) is 49.5 Å². The Balaban J connectivity index is 1.66. The van der Waals surface area contributed by atoms with Gasteiger partial charge in [-0.1, -0.05) is 31.0 Å². The van der Waals surface area contributed by atoms with Gasteiger partial charge in [-0.3, -0.25) is 0 Å². The smallest absolute Gasteiger partial charge is 0.338 e. The van der Waals surface area contributed by atoms with Crippen LogP contribution in [0.5, 0.6) is 0 Å². The number of benzene rings is 1. The molecule has 0 unspecified atom stereocenters. The number of carbonyl (C=O) groups excluding carboxylic acids is 1. The highest BCUT2D eigenvalue weighted by Crippen LogP contribution is 2.01. The van der Waals surface area contributed by atoms with Crippen LogP contribution in [0.15, 0.2) is 30.3 Å². The van der Waals surface area contributed by atoms with Crippen LogP contribution in [-0.2, 0) is 37.9 Å². The molecule has 9 nitrogen and oxygen atoms in total. The Bertz CT molecular complexity index is 607. The molecular formula is C27H45ClO9. The predicted octanol–water partition coefficient (Wildman–Crippen LogP) is 3.76. The first-order valence-corrected chi connectivity index (χ1v) is 13.7. The summed E-state index contributed by atoms with van der Waals surface area (Å²) in [6.07, 6.45) is 4.49. The zero-order chi connectivity index (χ0) is 26.5. The van der Waals surface area contributed by atoms with Crippen LogP contribution in [0, 0.1) is 0 Å². The van der Waals surface area contributed by atoms with Crippen molar-refractivity contribution in [3.63, 3.8) is 0 Å². The van der Waals surface area contributed by atoms with Crippen molar-refractivity contribution in [2.24, 2.45) is 0 Å². The van der Waals surface area contributed by atoms with Crippen molar-refractivity contribution in [1.29, 1.82) is 0 Å². The van der Waals surface area contributed by atoms with Crippen LogP contribution in [0.1, 0.15) is 36.0 Å². The number of hydrogen-bond donors (Lipinski definition) is 0. The molecule has 10 heteroatoms. The molecule has 0 saturated heterocycles. The van der Waals surface area contributed by atoms with E-state index >= 15 is 0 Å². The lowest BCUT2D eigenvalue weighted by Crippen LogP contribution is -2.15. The highest BCUT2D eigenvalue weighted by atomic mass is 35.5. The summed E-state index contributed by atoms with van der Waals surface area (Å²) in [6, 6.07) is 8.87. The molecule has 0 atom stereocenters. The van der Waals surface area contributed by atoms with E-state index in [0.717, 1.165) is 25.3 Å². The fourth-order valence-corrected chi connectivity index (χ4v) is 3.11. The molecule has 0 aliphatic carbocycles. The van der Waals surface area contributed by atoms with Crippen LogP contribution in [0.2, 0.25) is 0 Å². The summed E-state index contributed by atoms with van der Waals surface area (Å²) in [5.41, 5.74) is 0.531. The Labute approximate surface area is 226 Å². The molecule has 214 valence electrons. The molecule has 1 aromatic carbocycles. The molecule has 0 spiro atoms. The maximum absolute atomic E-state index is 11.7. The zero-order valence-corrected chi connectivity index (χ0v) is 22.8. The summed E-state index contributed by atoms with van der Waals surface area (Å²) in [5.74, 6) is 0.392. The normalized spacial score (nSPS) is 11.2. The molecule has 0 amide bonds. The van der Waals surface area contributed by atoms with Crippen LogP contribution in [0.4, 0.5) is 0 Å². The number of alkyl halides is 1. The van der Waals surface area contributed by atoms with Gasteiger partial charge in [-0.25, -0.2) is 4.79 Å². The molecular weight excluding hydrogens is 504 g/mol. The van der Waals surface area contributed by atoms with Gasteiger partial charge in [-0.2, -0.15) is 0 Å². The standard InChI is InChI=1S/C27H45ClO9/c28-10-6-1-2-7-11-30-12-13-31-14-15-32-16-17-33-18-19-34-20-21-35-22-23-36-24-25-37-27(29)26-8-4-3-5-9-26/h3-5,8-9H,1-2,6-7,10-25H2. The van der Waals surface area contributed by atoms with Gasteiger partial charge < -0.3 is 37.9 Å². The second-order valence-corrected chi connectivity index (χ2v) is 8.27. The average Bonchev–Trinajstić information content (AvgIpc) is 2.93. The Hall–Kier alpha value is -1.30. The SMILES string of the molecule is O=C(OCCOCCOCCOCCOCCOCCOCCOCCCCCCCl)c1ccccc1. The fraction of sp³-hybridized carbons (Fsp3) is 0.741. The van der Waals surface area contributed by atoms with Gasteiger partial charge >= 0.3 is 5.97 Å². The Kier molecular flexibility index (Phi) is 25.3. The summed E-state index contributed by atoms with van der Waals surface area (Å²) in [6.45, 7) is 7.52. The van der Waals surface area contributed by atoms with E-state index in [0.29, 0.717) is 91.5 Å². The van der Waals surface area contributed by atoms with Crippen molar-refractivity contribution < 1.29 is 42.7 Å². The van der Waals surface area contributed by atoms with Gasteiger partial charge in [-0.05, 0) is 25.0 Å². The topological polar surface area (TPSA) is 90.9 Å². The second kappa shape index (κ2) is 27.7. The van der Waals surface area contributed by atoms with Crippen LogP contribution in [-0.4, -0.2) is 111 Å². The van der Waals surface area contributed by atoms with E-state index in [1.54, 1.807) is 24.3 Å². The van der Waals surface area contributed by atoms with Gasteiger partial charge in [0.15, 0.2) is 0 Å². The third-order valence-corrected chi connectivity index (χ3v) is 5.14. The van der Waals surface area contributed by atoms with Gasteiger partial charge in [0, 0.05) is 12.5 Å². The predicted molar refractivity (Wildman–Crippen MR) is 142 cm³/mol. The molecule has 0 aliphatic heterocycles. The molecule has 0 saturated carbocycles. The van der Waals surface area contributed by atoms with E-state index in [-0.39, 0.29) is 12.6 Å². The lowest BCUT2D eigenvalue weighted by atomic mass is 10.2. The second-order valence-electron chi connectivity index (χ2n) is 7.89. The molecule has 1 aromatic rings. The van der Waals surface area contributed by atoms with E-state index in [1.165, 1.54) is 12.8 Å². The van der Waals surface area contributed by atoms with E-state index < -0.39 is 0 Å². The highest BCUT2D eigenvalue weighted by molar-refractivity contribution is 6.17. The molecule has 0 aliphatic rings. The maximum Gasteiger partial charge on any atom is 0.338 e. The van der Waals surface area contributed by atoms with Gasteiger partial charge in [0.05, 0.1) is 91.5 Å². The Morgan fingerprint density at radius 2 is 0.865 bits per heavy atom. The quantitative estimate of drug-likeness (QED) is 0.0881. The molecule has 0 fully saturated rings. The molecule has 1 rings (SSSR count). The van der Waals surface area contributed by atoms with Crippen molar-refractivity contribution in [3.05, 3.63) is 35.9 Å². The first kappa shape index (κ1) is 33.7. The number of rotatable bonds is 28. The lowest BCUT2D eigenvalue weighted by molar-refractivity contribution is -0.0223. The van der Waals surface area contributed by atoms with Crippen molar-refractivity contribution in [3.8, 4) is 0 Å². The minimum atomic E-state index is -0.350. The molecule has 0 aromatic heterocycles. The summed E-state index contributed by atoms with van der Waals surface area (Å²) in [7, 11) is 0. The van der Waals surface area contributed by atoms with Crippen LogP contribution < -0.4 is 0 Å². The van der Waals surface area contributed by atoms with Crippen LogP contribution in [0.3, 0.4) is 0 Å². The summed E-state index contributed by atoms with van der Waals surface area (Å²) >= 11 is 5.64. The van der Waals surface area contributed by atoms with Crippen LogP contribution in [0.25, 0.3) is 0 Å². The lowest BCUT2D eigenvalue weighted by Gasteiger charge is -2.09. The zero-order valence-electron chi connectivity index (χ0n) is 22.1. The van der Waals surface area contributed by atoms with Crippen molar-refractivity contribution >= 4 is 17.6 Å². The molecule has 0 bridgehead atoms. The minimum Gasteiger partial charge on any atom is -0.460 e. The van der Waals surface area contributed by atoms with Crippen LogP contribution >= 0.6 is 11.6 Å². The van der Waals surface area contributed by atoms with Crippen molar-refractivity contribution in [2.45, 2.75) is 25.7 Å². The van der Waals surface area contributed by atoms with Gasteiger partial charge in [0.25, 0.3) is 0 Å². The average molecular weight is 549 g/mol.